The van der Waals surface area contributed by atoms with Gasteiger partial charge in [0.2, 0.25) is 0 Å². The third kappa shape index (κ3) is 11.7. The first-order chi connectivity index (χ1) is 30.0. The van der Waals surface area contributed by atoms with Crippen LogP contribution in [0.2, 0.25) is 10.0 Å². The van der Waals surface area contributed by atoms with Gasteiger partial charge in [-0.3, -0.25) is 23.7 Å². The molecule has 8 rings (SSSR count). The second kappa shape index (κ2) is 20.7. The highest BCUT2D eigenvalue weighted by Crippen LogP contribution is 2.43. The number of allylic oxidation sites excluding steroid dienone is 1. The van der Waals surface area contributed by atoms with E-state index in [-0.39, 0.29) is 29.6 Å². The molecule has 2 aromatic carbocycles. The smallest absolute Gasteiger partial charge is 0.328 e. The predicted molar refractivity (Wildman–Crippen MR) is 251 cm³/mol. The summed E-state index contributed by atoms with van der Waals surface area (Å²) in [6.45, 7) is 7.47. The Bertz CT molecular complexity index is 2740. The van der Waals surface area contributed by atoms with Crippen LogP contribution in [0.5, 0.6) is 11.5 Å². The van der Waals surface area contributed by atoms with E-state index in [4.69, 9.17) is 43.5 Å². The standard InChI is InChI=1S/C24H23ClN2O3S.C15H14ClNO2S.C8H10N2O2/c1-14-16(13-26-27(14)3)4-5-19(29)6-7-20-11-18-10-17(12-21(25)24(18)30-20)23-9-8-22(31-23)15(2)28;1-8(18)13-2-3-14(20-13)9-4-10-5-11(7-17)19-15(10)12(16)6-9;1-6-7(3-4-8(11)12)5-9-10(6)2/h4-5,8-10,12-13,20H,6-7,11H2,1-3H3;2-4,6,11H,5,7,17H2,1H3;3-5H,1-2H3,(H,11,12)/b5-4+;;4-3+. The summed E-state index contributed by atoms with van der Waals surface area (Å²) >= 11 is 15.7. The maximum absolute atomic E-state index is 12.3. The van der Waals surface area contributed by atoms with Crippen LogP contribution in [0.15, 0.2) is 73.1 Å². The molecule has 0 bridgehead atoms. The number of benzene rings is 2. The number of carboxylic acid groups (broad SMARTS) is 1. The lowest BCUT2D eigenvalue weighted by Gasteiger charge is -2.10. The molecule has 2 aliphatic rings. The van der Waals surface area contributed by atoms with Crippen molar-refractivity contribution in [1.82, 2.24) is 19.6 Å². The highest BCUT2D eigenvalue weighted by atomic mass is 35.5. The zero-order chi connectivity index (χ0) is 45.5. The second-order valence-electron chi connectivity index (χ2n) is 15.1. The molecule has 16 heteroatoms. The lowest BCUT2D eigenvalue weighted by atomic mass is 10.0. The van der Waals surface area contributed by atoms with E-state index < -0.39 is 5.97 Å². The van der Waals surface area contributed by atoms with Gasteiger partial charge >= 0.3 is 5.97 Å². The Morgan fingerprint density at radius 3 is 1.63 bits per heavy atom. The number of nitrogens with zero attached hydrogens (tertiary/aromatic N) is 4. The molecule has 12 nitrogen and oxygen atoms in total. The fourth-order valence-electron chi connectivity index (χ4n) is 6.81. The third-order valence-corrected chi connectivity index (χ3v) is 13.6. The van der Waals surface area contributed by atoms with E-state index in [9.17, 15) is 19.2 Å². The quantitative estimate of drug-likeness (QED) is 0.0890. The molecule has 0 radical (unpaired) electrons. The minimum Gasteiger partial charge on any atom is -0.488 e. The SMILES string of the molecule is CC(=O)c1ccc(-c2cc(Cl)c3c(c2)CC(CCC(=O)/C=C/c2cnn(C)c2C)O3)s1.CC(=O)c1ccc(-c2cc(Cl)c3c(c2)CC(CN)O3)s1.Cc1c(/C=C/C(=O)O)cnn1C. The number of aryl methyl sites for hydroxylation is 2. The number of carbonyl (C=O) groups is 4. The van der Waals surface area contributed by atoms with Crippen molar-refractivity contribution in [3.63, 3.8) is 0 Å². The summed E-state index contributed by atoms with van der Waals surface area (Å²) in [5, 5.41) is 17.7. The number of aromatic nitrogens is 4. The molecule has 328 valence electrons. The number of nitrogens with two attached hydrogens (primary N) is 1. The van der Waals surface area contributed by atoms with Gasteiger partial charge in [-0.25, -0.2) is 4.79 Å². The highest BCUT2D eigenvalue weighted by Gasteiger charge is 2.27. The molecule has 0 saturated heterocycles. The lowest BCUT2D eigenvalue weighted by Crippen LogP contribution is -2.24. The fourth-order valence-corrected chi connectivity index (χ4v) is 9.15. The molecule has 2 unspecified atom stereocenters. The molecular formula is C47H47Cl2N5O7S2. The number of carbonyl (C=O) groups excluding carboxylic acids is 3. The summed E-state index contributed by atoms with van der Waals surface area (Å²) < 4.78 is 15.2. The molecule has 2 aliphatic heterocycles. The maximum Gasteiger partial charge on any atom is 0.328 e. The van der Waals surface area contributed by atoms with Crippen molar-refractivity contribution in [3.05, 3.63) is 127 Å². The topological polar surface area (TPSA) is 169 Å². The van der Waals surface area contributed by atoms with Crippen molar-refractivity contribution in [2.45, 2.75) is 65.6 Å². The summed E-state index contributed by atoms with van der Waals surface area (Å²) in [6, 6.07) is 15.5. The Hall–Kier alpha value is -5.64. The van der Waals surface area contributed by atoms with Gasteiger partial charge in [0.25, 0.3) is 0 Å². The first kappa shape index (κ1) is 46.9. The molecular weight excluding hydrogens is 882 g/mol. The van der Waals surface area contributed by atoms with E-state index in [0.717, 1.165) is 82.5 Å². The first-order valence-electron chi connectivity index (χ1n) is 20.0. The largest absolute Gasteiger partial charge is 0.488 e. The van der Waals surface area contributed by atoms with Crippen LogP contribution in [-0.2, 0) is 36.5 Å². The van der Waals surface area contributed by atoms with Gasteiger partial charge in [0.1, 0.15) is 23.7 Å². The highest BCUT2D eigenvalue weighted by molar-refractivity contribution is 7.17. The van der Waals surface area contributed by atoms with Gasteiger partial charge in [0.15, 0.2) is 17.3 Å². The summed E-state index contributed by atoms with van der Waals surface area (Å²) in [7, 11) is 3.69. The van der Waals surface area contributed by atoms with Gasteiger partial charge in [-0.1, -0.05) is 23.2 Å². The van der Waals surface area contributed by atoms with Crippen molar-refractivity contribution in [3.8, 4) is 32.4 Å². The Morgan fingerprint density at radius 1 is 0.762 bits per heavy atom. The number of ketones is 3. The average Bonchev–Trinajstić information content (AvgIpc) is 4.11. The molecule has 4 aromatic heterocycles. The Kier molecular flexibility index (Phi) is 15.4. The van der Waals surface area contributed by atoms with E-state index in [1.807, 2.05) is 70.4 Å². The third-order valence-electron chi connectivity index (χ3n) is 10.6. The number of aliphatic carboxylic acids is 1. The molecule has 0 fully saturated rings. The number of fused-ring (bicyclic) bond motifs is 2. The fraction of sp³-hybridized carbons (Fsp3) is 0.277. The second-order valence-corrected chi connectivity index (χ2v) is 18.1. The van der Waals surface area contributed by atoms with Crippen LogP contribution in [0.3, 0.4) is 0 Å². The number of halogens is 2. The predicted octanol–water partition coefficient (Wildman–Crippen LogP) is 10.0. The van der Waals surface area contributed by atoms with E-state index in [1.165, 1.54) is 28.7 Å². The van der Waals surface area contributed by atoms with Crippen LogP contribution in [0.4, 0.5) is 0 Å². The van der Waals surface area contributed by atoms with Gasteiger partial charge in [-0.05, 0) is 112 Å². The van der Waals surface area contributed by atoms with Gasteiger partial charge in [-0.15, -0.1) is 22.7 Å². The molecule has 0 spiro atoms. The van der Waals surface area contributed by atoms with Crippen LogP contribution in [0.1, 0.15) is 79.7 Å². The Balaban J connectivity index is 0.000000176. The zero-order valence-corrected chi connectivity index (χ0v) is 38.8. The van der Waals surface area contributed by atoms with Crippen molar-refractivity contribution in [2.75, 3.05) is 6.54 Å². The number of Topliss-reactive ketones (excluding diaryl/α,β-unsaturated/α-hetero) is 2. The minimum absolute atomic E-state index is 0.00821. The van der Waals surface area contributed by atoms with Gasteiger partial charge in [0.05, 0.1) is 32.2 Å². The van der Waals surface area contributed by atoms with Crippen molar-refractivity contribution in [1.29, 1.82) is 0 Å². The van der Waals surface area contributed by atoms with Crippen LogP contribution >= 0.6 is 45.9 Å². The lowest BCUT2D eigenvalue weighted by molar-refractivity contribution is -0.131. The molecule has 0 amide bonds. The number of hydrogen-bond acceptors (Lipinski definition) is 11. The normalized spacial score (nSPS) is 14.9. The van der Waals surface area contributed by atoms with Gasteiger partial charge in [0, 0.05) is 89.4 Å². The molecule has 0 aliphatic carbocycles. The molecule has 6 aromatic rings. The van der Waals surface area contributed by atoms with Crippen LogP contribution in [0, 0.1) is 13.8 Å². The molecule has 3 N–H and O–H groups in total. The maximum atomic E-state index is 12.3. The number of carboxylic acids is 1. The van der Waals surface area contributed by atoms with Crippen molar-refractivity contribution < 1.29 is 33.8 Å². The zero-order valence-electron chi connectivity index (χ0n) is 35.6. The Morgan fingerprint density at radius 2 is 1.22 bits per heavy atom. The summed E-state index contributed by atoms with van der Waals surface area (Å²) in [4.78, 5) is 49.0. The monoisotopic (exact) mass is 927 g/mol. The van der Waals surface area contributed by atoms with Gasteiger partial charge in [-0.2, -0.15) is 10.2 Å². The number of rotatable bonds is 12. The van der Waals surface area contributed by atoms with E-state index >= 15 is 0 Å². The number of thiophene rings is 2. The minimum atomic E-state index is -0.946. The average molecular weight is 929 g/mol. The van der Waals surface area contributed by atoms with Crippen molar-refractivity contribution in [2.24, 2.45) is 19.8 Å². The van der Waals surface area contributed by atoms with E-state index in [0.29, 0.717) is 41.6 Å². The van der Waals surface area contributed by atoms with Gasteiger partial charge < -0.3 is 20.3 Å². The van der Waals surface area contributed by atoms with Crippen LogP contribution < -0.4 is 15.2 Å². The molecule has 63 heavy (non-hydrogen) atoms. The van der Waals surface area contributed by atoms with Crippen LogP contribution in [0.25, 0.3) is 33.0 Å². The Labute approximate surface area is 383 Å². The molecule has 6 heterocycles. The van der Waals surface area contributed by atoms with Crippen LogP contribution in [-0.4, -0.2) is 66.7 Å². The summed E-state index contributed by atoms with van der Waals surface area (Å²) in [6.07, 6.45) is 11.9. The van der Waals surface area contributed by atoms with E-state index in [1.54, 1.807) is 41.7 Å². The summed E-state index contributed by atoms with van der Waals surface area (Å²) in [5.41, 5.74) is 13.5. The van der Waals surface area contributed by atoms with Crippen molar-refractivity contribution >= 4 is 81.3 Å². The molecule has 2 atom stereocenters. The number of ether oxygens (including phenoxy) is 2. The molecule has 0 saturated carbocycles. The summed E-state index contributed by atoms with van der Waals surface area (Å²) in [5.74, 6) is 0.703. The first-order valence-corrected chi connectivity index (χ1v) is 22.4. The van der Waals surface area contributed by atoms with E-state index in [2.05, 4.69) is 22.3 Å². The number of hydrogen-bond donors (Lipinski definition) is 2.